The van der Waals surface area contributed by atoms with E-state index in [1.54, 1.807) is 0 Å². The molecule has 4 atom stereocenters. The largest absolute Gasteiger partial charge is 0.369 e. The van der Waals surface area contributed by atoms with Crippen LogP contribution in [0.5, 0.6) is 0 Å². The number of anilines is 1. The molecule has 3 fully saturated rings. The number of aryl methyl sites for hydroxylation is 1. The summed E-state index contributed by atoms with van der Waals surface area (Å²) in [6.07, 6.45) is 10.3. The van der Waals surface area contributed by atoms with Crippen LogP contribution in [0.3, 0.4) is 0 Å². The Balaban J connectivity index is 1.28. The van der Waals surface area contributed by atoms with Crippen LogP contribution in [0.25, 0.3) is 0 Å². The van der Waals surface area contributed by atoms with E-state index < -0.39 is 0 Å². The Kier molecular flexibility index (Phi) is 3.78. The van der Waals surface area contributed by atoms with Gasteiger partial charge in [0, 0.05) is 42.7 Å². The van der Waals surface area contributed by atoms with Gasteiger partial charge in [-0.3, -0.25) is 4.79 Å². The lowest BCUT2D eigenvalue weighted by Crippen LogP contribution is -2.43. The normalized spacial score (nSPS) is 35.3. The van der Waals surface area contributed by atoms with Crippen molar-refractivity contribution in [2.75, 3.05) is 24.5 Å². The molecule has 138 valence electrons. The number of nitrogens with zero attached hydrogens (tertiary/aromatic N) is 3. The quantitative estimate of drug-likeness (QED) is 0.836. The summed E-state index contributed by atoms with van der Waals surface area (Å²) in [7, 11) is 0. The first kappa shape index (κ1) is 16.2. The van der Waals surface area contributed by atoms with Gasteiger partial charge in [0.1, 0.15) is 0 Å². The summed E-state index contributed by atoms with van der Waals surface area (Å²) in [5.74, 6) is 1.98. The molecule has 1 aromatic rings. The Morgan fingerprint density at radius 1 is 1.42 bits per heavy atom. The van der Waals surface area contributed by atoms with E-state index in [9.17, 15) is 4.79 Å². The topological polar surface area (TPSA) is 67.4 Å². The second-order valence-corrected chi connectivity index (χ2v) is 8.29. The van der Waals surface area contributed by atoms with Gasteiger partial charge in [-0.1, -0.05) is 12.2 Å². The van der Waals surface area contributed by atoms with Gasteiger partial charge in [0.2, 0.25) is 11.9 Å². The van der Waals surface area contributed by atoms with Crippen LogP contribution in [0.1, 0.15) is 31.4 Å². The summed E-state index contributed by atoms with van der Waals surface area (Å²) < 4.78 is 6.48. The molecule has 4 aliphatic rings. The second-order valence-electron chi connectivity index (χ2n) is 8.29. The molecular formula is C20H26N4O2. The van der Waals surface area contributed by atoms with Gasteiger partial charge in [-0.15, -0.1) is 0 Å². The second kappa shape index (κ2) is 6.05. The van der Waals surface area contributed by atoms with Crippen LogP contribution in [0, 0.1) is 24.7 Å². The Morgan fingerprint density at radius 2 is 2.27 bits per heavy atom. The van der Waals surface area contributed by atoms with E-state index in [0.29, 0.717) is 17.9 Å². The number of hydrogen-bond donors (Lipinski definition) is 1. The number of fused-ring (bicyclic) bond motifs is 1. The van der Waals surface area contributed by atoms with Gasteiger partial charge in [0.05, 0.1) is 18.2 Å². The highest BCUT2D eigenvalue weighted by Gasteiger charge is 2.63. The van der Waals surface area contributed by atoms with E-state index in [1.807, 2.05) is 19.2 Å². The highest BCUT2D eigenvalue weighted by Crippen LogP contribution is 2.54. The molecule has 3 saturated heterocycles. The molecule has 1 amide bonds. The monoisotopic (exact) mass is 354 g/mol. The molecule has 1 aliphatic carbocycles. The van der Waals surface area contributed by atoms with Crippen molar-refractivity contribution in [2.24, 2.45) is 17.8 Å². The summed E-state index contributed by atoms with van der Waals surface area (Å²) in [5.41, 5.74) is 0.922. The molecule has 5 rings (SSSR count). The molecule has 1 aromatic heterocycles. The molecule has 6 nitrogen and oxygen atoms in total. The number of nitrogens with one attached hydrogen (secondary N) is 1. The Morgan fingerprint density at radius 3 is 3.08 bits per heavy atom. The molecule has 3 aliphatic heterocycles. The van der Waals surface area contributed by atoms with E-state index >= 15 is 0 Å². The van der Waals surface area contributed by atoms with Crippen molar-refractivity contribution < 1.29 is 9.53 Å². The molecule has 0 aromatic carbocycles. The number of allylic oxidation sites excluding steroid dienone is 2. The average molecular weight is 354 g/mol. The van der Waals surface area contributed by atoms with Crippen LogP contribution in [-0.4, -0.2) is 47.2 Å². The lowest BCUT2D eigenvalue weighted by Gasteiger charge is -2.29. The third-order valence-corrected chi connectivity index (χ3v) is 6.74. The summed E-state index contributed by atoms with van der Waals surface area (Å²) in [6.45, 7) is 4.52. The predicted molar refractivity (Wildman–Crippen MR) is 97.7 cm³/mol. The van der Waals surface area contributed by atoms with Crippen molar-refractivity contribution in [1.29, 1.82) is 0 Å². The van der Waals surface area contributed by atoms with Crippen LogP contribution in [0.2, 0.25) is 0 Å². The van der Waals surface area contributed by atoms with E-state index in [1.165, 1.54) is 0 Å². The summed E-state index contributed by atoms with van der Waals surface area (Å²) in [5, 5.41) is 3.22. The van der Waals surface area contributed by atoms with E-state index in [4.69, 9.17) is 4.74 Å². The molecular weight excluding hydrogens is 328 g/mol. The number of aromatic nitrogens is 2. The summed E-state index contributed by atoms with van der Waals surface area (Å²) in [6, 6.07) is 1.93. The predicted octanol–water partition coefficient (Wildman–Crippen LogP) is 1.85. The number of carbonyl (C=O) groups is 1. The molecule has 6 heteroatoms. The van der Waals surface area contributed by atoms with Gasteiger partial charge in [0.15, 0.2) is 0 Å². The SMILES string of the molecule is Cc1ccnc(N2C[C@@H]3[C@H](CNC(=O)C4CC=CC4)[C@H]4CC[C@]3(C2)O4)n1. The standard InChI is InChI=1S/C20H26N4O2/c1-13-7-9-21-19(23-13)24-11-16-15(17-6-8-20(16,12-24)26-17)10-22-18(25)14-4-2-3-5-14/h2-3,7,9,14-17H,4-6,8,10-12H2,1H3,(H,22,25)/t15-,16+,17+,20+/m0/s1. The van der Waals surface area contributed by atoms with Gasteiger partial charge >= 0.3 is 0 Å². The molecule has 1 N–H and O–H groups in total. The molecule has 2 bridgehead atoms. The van der Waals surface area contributed by atoms with Gasteiger partial charge in [-0.25, -0.2) is 9.97 Å². The van der Waals surface area contributed by atoms with Crippen molar-refractivity contribution in [1.82, 2.24) is 15.3 Å². The Hall–Kier alpha value is -1.95. The van der Waals surface area contributed by atoms with Gasteiger partial charge in [-0.05, 0) is 38.7 Å². The molecule has 0 saturated carbocycles. The lowest BCUT2D eigenvalue weighted by molar-refractivity contribution is -0.124. The highest BCUT2D eigenvalue weighted by atomic mass is 16.5. The van der Waals surface area contributed by atoms with Crippen LogP contribution < -0.4 is 10.2 Å². The number of rotatable bonds is 4. The van der Waals surface area contributed by atoms with Crippen molar-refractivity contribution in [3.8, 4) is 0 Å². The zero-order valence-corrected chi connectivity index (χ0v) is 15.2. The summed E-state index contributed by atoms with van der Waals surface area (Å²) in [4.78, 5) is 23.7. The molecule has 1 spiro atoms. The first-order valence-electron chi connectivity index (χ1n) is 9.80. The van der Waals surface area contributed by atoms with Crippen LogP contribution in [0.15, 0.2) is 24.4 Å². The van der Waals surface area contributed by atoms with Crippen molar-refractivity contribution in [3.63, 3.8) is 0 Å². The number of ether oxygens (including phenoxy) is 1. The van der Waals surface area contributed by atoms with Crippen LogP contribution in [0.4, 0.5) is 5.95 Å². The highest BCUT2D eigenvalue weighted by molar-refractivity contribution is 5.79. The molecule has 26 heavy (non-hydrogen) atoms. The maximum Gasteiger partial charge on any atom is 0.225 e. The first-order chi connectivity index (χ1) is 12.6. The fourth-order valence-corrected chi connectivity index (χ4v) is 5.40. The minimum absolute atomic E-state index is 0.0674. The van der Waals surface area contributed by atoms with E-state index in [2.05, 4.69) is 32.3 Å². The maximum absolute atomic E-state index is 12.4. The minimum Gasteiger partial charge on any atom is -0.369 e. The molecule has 0 unspecified atom stereocenters. The first-order valence-corrected chi connectivity index (χ1v) is 9.80. The Labute approximate surface area is 154 Å². The average Bonchev–Trinajstić information content (AvgIpc) is 3.39. The lowest BCUT2D eigenvalue weighted by atomic mass is 9.73. The zero-order valence-electron chi connectivity index (χ0n) is 15.2. The summed E-state index contributed by atoms with van der Waals surface area (Å²) >= 11 is 0. The Bertz CT molecular complexity index is 743. The zero-order chi connectivity index (χ0) is 17.7. The van der Waals surface area contributed by atoms with Gasteiger partial charge in [0.25, 0.3) is 0 Å². The fourth-order valence-electron chi connectivity index (χ4n) is 5.40. The number of carbonyl (C=O) groups excluding carboxylic acids is 1. The van der Waals surface area contributed by atoms with Crippen molar-refractivity contribution >= 4 is 11.9 Å². The number of hydrogen-bond acceptors (Lipinski definition) is 5. The maximum atomic E-state index is 12.4. The third kappa shape index (κ3) is 2.54. The van der Waals surface area contributed by atoms with Crippen molar-refractivity contribution in [2.45, 2.75) is 44.3 Å². The van der Waals surface area contributed by atoms with Crippen LogP contribution in [-0.2, 0) is 9.53 Å². The van der Waals surface area contributed by atoms with E-state index in [-0.39, 0.29) is 17.4 Å². The van der Waals surface area contributed by atoms with Gasteiger partial charge in [-0.2, -0.15) is 0 Å². The van der Waals surface area contributed by atoms with E-state index in [0.717, 1.165) is 57.0 Å². The molecule has 4 heterocycles. The fraction of sp³-hybridized carbons (Fsp3) is 0.650. The minimum atomic E-state index is -0.0674. The van der Waals surface area contributed by atoms with Gasteiger partial charge < -0.3 is 15.0 Å². The smallest absolute Gasteiger partial charge is 0.225 e. The third-order valence-electron chi connectivity index (χ3n) is 6.74. The molecule has 0 radical (unpaired) electrons. The number of amides is 1. The van der Waals surface area contributed by atoms with Crippen molar-refractivity contribution in [3.05, 3.63) is 30.1 Å². The van der Waals surface area contributed by atoms with Crippen LogP contribution >= 0.6 is 0 Å².